The number of H-pyrrole nitrogens is 1. The van der Waals surface area contributed by atoms with Gasteiger partial charge in [-0.05, 0) is 23.8 Å². The average Bonchev–Trinajstić information content (AvgIpc) is 3.28. The van der Waals surface area contributed by atoms with Crippen LogP contribution in [0.5, 0.6) is 0 Å². The van der Waals surface area contributed by atoms with Crippen molar-refractivity contribution in [2.45, 2.75) is 25.4 Å². The number of halogens is 1. The van der Waals surface area contributed by atoms with Crippen LogP contribution in [0.15, 0.2) is 48.5 Å². The zero-order chi connectivity index (χ0) is 19.5. The summed E-state index contributed by atoms with van der Waals surface area (Å²) in [5.41, 5.74) is 3.05. The number of rotatable bonds is 6. The largest absolute Gasteiger partial charge is 0.465 e. The Bertz CT molecular complexity index is 960. The van der Waals surface area contributed by atoms with Crippen LogP contribution in [0, 0.1) is 0 Å². The third-order valence-corrected chi connectivity index (χ3v) is 4.91. The fourth-order valence-corrected chi connectivity index (χ4v) is 3.50. The van der Waals surface area contributed by atoms with Gasteiger partial charge in [0.15, 0.2) is 0 Å². The topological polar surface area (TPSA) is 67.5 Å². The lowest BCUT2D eigenvalue weighted by Gasteiger charge is -2.15. The molecule has 0 spiro atoms. The van der Waals surface area contributed by atoms with Crippen molar-refractivity contribution in [3.8, 4) is 0 Å². The maximum Gasteiger partial charge on any atom is 0.337 e. The fourth-order valence-electron chi connectivity index (χ4n) is 3.50. The standard InChI is InChI=1S/C21H22FN3O3/c1-27-21(26)15-7-8-17-18(9-15)24-20(23-17)13-28-19-12-25(11-16(19)22)10-14-5-3-2-4-6-14/h2-9,16,19H,10-13H2,1H3,(H,23,24). The van der Waals surface area contributed by atoms with E-state index in [0.717, 1.165) is 16.6 Å². The van der Waals surface area contributed by atoms with E-state index in [4.69, 9.17) is 9.47 Å². The summed E-state index contributed by atoms with van der Waals surface area (Å²) in [6.45, 7) is 1.81. The van der Waals surface area contributed by atoms with Gasteiger partial charge in [0.2, 0.25) is 0 Å². The molecule has 1 saturated heterocycles. The summed E-state index contributed by atoms with van der Waals surface area (Å²) in [6.07, 6.45) is -1.51. The van der Waals surface area contributed by atoms with Gasteiger partial charge in [0.05, 0.1) is 23.7 Å². The number of alkyl halides is 1. The summed E-state index contributed by atoms with van der Waals surface area (Å²) in [5, 5.41) is 0. The number of fused-ring (bicyclic) bond motifs is 1. The Morgan fingerprint density at radius 3 is 2.86 bits per heavy atom. The van der Waals surface area contributed by atoms with Crippen LogP contribution < -0.4 is 0 Å². The molecule has 0 bridgehead atoms. The summed E-state index contributed by atoms with van der Waals surface area (Å²) in [4.78, 5) is 21.3. The number of ether oxygens (including phenoxy) is 2. The predicted molar refractivity (Wildman–Crippen MR) is 103 cm³/mol. The molecule has 28 heavy (non-hydrogen) atoms. The molecule has 2 heterocycles. The number of hydrogen-bond donors (Lipinski definition) is 1. The lowest BCUT2D eigenvalue weighted by molar-refractivity contribution is 0.00864. The molecule has 2 aromatic carbocycles. The number of methoxy groups -OCH3 is 1. The molecule has 0 aliphatic carbocycles. The fraction of sp³-hybridized carbons (Fsp3) is 0.333. The molecule has 2 unspecified atom stereocenters. The smallest absolute Gasteiger partial charge is 0.337 e. The van der Waals surface area contributed by atoms with E-state index in [1.54, 1.807) is 18.2 Å². The Morgan fingerprint density at radius 2 is 2.07 bits per heavy atom. The maximum absolute atomic E-state index is 14.4. The molecule has 1 aliphatic rings. The molecule has 0 saturated carbocycles. The van der Waals surface area contributed by atoms with E-state index in [9.17, 15) is 9.18 Å². The number of nitrogens with zero attached hydrogens (tertiary/aromatic N) is 2. The Hall–Kier alpha value is -2.77. The number of likely N-dealkylation sites (tertiary alicyclic amines) is 1. The highest BCUT2D eigenvalue weighted by molar-refractivity contribution is 5.93. The molecule has 4 rings (SSSR count). The maximum atomic E-state index is 14.4. The quantitative estimate of drug-likeness (QED) is 0.663. The van der Waals surface area contributed by atoms with Crippen molar-refractivity contribution in [3.05, 3.63) is 65.5 Å². The first-order valence-corrected chi connectivity index (χ1v) is 9.21. The van der Waals surface area contributed by atoms with Crippen molar-refractivity contribution in [2.24, 2.45) is 0 Å². The van der Waals surface area contributed by atoms with E-state index in [2.05, 4.69) is 14.9 Å². The summed E-state index contributed by atoms with van der Waals surface area (Å²) in [5.74, 6) is 0.199. The van der Waals surface area contributed by atoms with Gasteiger partial charge in [0, 0.05) is 19.6 Å². The van der Waals surface area contributed by atoms with Crippen molar-refractivity contribution in [3.63, 3.8) is 0 Å². The van der Waals surface area contributed by atoms with E-state index in [-0.39, 0.29) is 6.61 Å². The molecule has 1 aliphatic heterocycles. The Morgan fingerprint density at radius 1 is 1.25 bits per heavy atom. The number of benzene rings is 2. The van der Waals surface area contributed by atoms with Gasteiger partial charge in [-0.15, -0.1) is 0 Å². The number of esters is 1. The van der Waals surface area contributed by atoms with E-state index >= 15 is 0 Å². The minimum atomic E-state index is -1.03. The SMILES string of the molecule is COC(=O)c1ccc2nc(COC3CN(Cc4ccccc4)CC3F)[nH]c2c1. The highest BCUT2D eigenvalue weighted by atomic mass is 19.1. The van der Waals surface area contributed by atoms with Crippen LogP contribution in [-0.4, -0.2) is 53.3 Å². The Labute approximate surface area is 162 Å². The third-order valence-electron chi connectivity index (χ3n) is 4.91. The van der Waals surface area contributed by atoms with Crippen LogP contribution in [0.4, 0.5) is 4.39 Å². The summed E-state index contributed by atoms with van der Waals surface area (Å²) >= 11 is 0. The van der Waals surface area contributed by atoms with Gasteiger partial charge in [-0.25, -0.2) is 14.2 Å². The minimum absolute atomic E-state index is 0.187. The lowest BCUT2D eigenvalue weighted by Crippen LogP contribution is -2.24. The molecule has 1 N–H and O–H groups in total. The average molecular weight is 383 g/mol. The molecular weight excluding hydrogens is 361 g/mol. The molecule has 6 nitrogen and oxygen atoms in total. The van der Waals surface area contributed by atoms with Gasteiger partial charge >= 0.3 is 5.97 Å². The Kier molecular flexibility index (Phi) is 5.36. The highest BCUT2D eigenvalue weighted by Crippen LogP contribution is 2.21. The predicted octanol–water partition coefficient (Wildman–Crippen LogP) is 3.09. The zero-order valence-electron chi connectivity index (χ0n) is 15.6. The first-order valence-electron chi connectivity index (χ1n) is 9.21. The van der Waals surface area contributed by atoms with Gasteiger partial charge in [-0.1, -0.05) is 30.3 Å². The lowest BCUT2D eigenvalue weighted by atomic mass is 10.2. The molecule has 146 valence electrons. The number of imidazole rings is 1. The van der Waals surface area contributed by atoms with Gasteiger partial charge in [0.25, 0.3) is 0 Å². The van der Waals surface area contributed by atoms with E-state index < -0.39 is 18.2 Å². The summed E-state index contributed by atoms with van der Waals surface area (Å²) < 4.78 is 24.9. The molecule has 0 amide bonds. The minimum Gasteiger partial charge on any atom is -0.465 e. The molecular formula is C21H22FN3O3. The second kappa shape index (κ2) is 8.08. The number of aromatic amines is 1. The second-order valence-electron chi connectivity index (χ2n) is 6.95. The van der Waals surface area contributed by atoms with E-state index in [0.29, 0.717) is 31.0 Å². The molecule has 0 radical (unpaired) electrons. The first kappa shape index (κ1) is 18.6. The van der Waals surface area contributed by atoms with E-state index in [1.807, 2.05) is 30.3 Å². The van der Waals surface area contributed by atoms with Gasteiger partial charge in [0.1, 0.15) is 24.7 Å². The number of hydrogen-bond acceptors (Lipinski definition) is 5. The van der Waals surface area contributed by atoms with Crippen LogP contribution in [0.1, 0.15) is 21.7 Å². The molecule has 3 aromatic rings. The molecule has 7 heteroatoms. The number of carbonyl (C=O) groups excluding carboxylic acids is 1. The van der Waals surface area contributed by atoms with Gasteiger partial charge in [-0.3, -0.25) is 4.90 Å². The second-order valence-corrected chi connectivity index (χ2v) is 6.95. The van der Waals surface area contributed by atoms with Crippen LogP contribution in [0.25, 0.3) is 11.0 Å². The van der Waals surface area contributed by atoms with E-state index in [1.165, 1.54) is 7.11 Å². The number of nitrogens with one attached hydrogen (secondary N) is 1. The van der Waals surface area contributed by atoms with Crippen LogP contribution in [-0.2, 0) is 22.6 Å². The first-order chi connectivity index (χ1) is 13.6. The molecule has 1 fully saturated rings. The van der Waals surface area contributed by atoms with Crippen molar-refractivity contribution >= 4 is 17.0 Å². The van der Waals surface area contributed by atoms with Crippen LogP contribution >= 0.6 is 0 Å². The van der Waals surface area contributed by atoms with Crippen molar-refractivity contribution in [1.82, 2.24) is 14.9 Å². The van der Waals surface area contributed by atoms with Crippen molar-refractivity contribution in [1.29, 1.82) is 0 Å². The van der Waals surface area contributed by atoms with Gasteiger partial charge in [-0.2, -0.15) is 0 Å². The highest BCUT2D eigenvalue weighted by Gasteiger charge is 2.33. The normalized spacial score (nSPS) is 19.9. The Balaban J connectivity index is 1.36. The third kappa shape index (κ3) is 4.05. The molecule has 1 aromatic heterocycles. The molecule has 2 atom stereocenters. The summed E-state index contributed by atoms with van der Waals surface area (Å²) in [7, 11) is 1.34. The number of aromatic nitrogens is 2. The van der Waals surface area contributed by atoms with Crippen molar-refractivity contribution < 1.29 is 18.7 Å². The van der Waals surface area contributed by atoms with Crippen molar-refractivity contribution in [2.75, 3.05) is 20.2 Å². The number of carbonyl (C=O) groups is 1. The summed E-state index contributed by atoms with van der Waals surface area (Å²) in [6, 6.07) is 15.1. The van der Waals surface area contributed by atoms with Gasteiger partial charge < -0.3 is 14.5 Å². The van der Waals surface area contributed by atoms with Crippen LogP contribution in [0.2, 0.25) is 0 Å². The van der Waals surface area contributed by atoms with Crippen LogP contribution in [0.3, 0.4) is 0 Å². The zero-order valence-corrected chi connectivity index (χ0v) is 15.6. The monoisotopic (exact) mass is 383 g/mol.